The molecule has 1 atom stereocenters. The zero-order valence-electron chi connectivity index (χ0n) is 17.0. The molecule has 2 aromatic rings. The van der Waals surface area contributed by atoms with Gasteiger partial charge in [-0.1, -0.05) is 42.5 Å². The fourth-order valence-electron chi connectivity index (χ4n) is 4.01. The fraction of sp³-hybridized carbons (Fsp3) is 0.348. The topological polar surface area (TPSA) is 66.5 Å². The lowest BCUT2D eigenvalue weighted by molar-refractivity contribution is -0.126. The molecule has 0 radical (unpaired) electrons. The van der Waals surface area contributed by atoms with Gasteiger partial charge >= 0.3 is 0 Å². The van der Waals surface area contributed by atoms with Gasteiger partial charge in [-0.15, -0.1) is 11.8 Å². The zero-order chi connectivity index (χ0) is 21.8. The molecule has 1 unspecified atom stereocenters. The van der Waals surface area contributed by atoms with E-state index in [4.69, 9.17) is 0 Å². The van der Waals surface area contributed by atoms with Crippen molar-refractivity contribution in [1.29, 1.82) is 0 Å². The Balaban J connectivity index is 1.34. The number of hydrogen-bond donors (Lipinski definition) is 1. The molecule has 31 heavy (non-hydrogen) atoms. The molecule has 1 saturated heterocycles. The van der Waals surface area contributed by atoms with E-state index in [0.717, 1.165) is 23.3 Å². The summed E-state index contributed by atoms with van der Waals surface area (Å²) in [6, 6.07) is 14.1. The number of piperidine rings is 1. The lowest BCUT2D eigenvalue weighted by atomic mass is 9.95. The minimum Gasteiger partial charge on any atom is -0.349 e. The zero-order valence-corrected chi connectivity index (χ0v) is 18.7. The minimum absolute atomic E-state index is 0.0796. The highest BCUT2D eigenvalue weighted by atomic mass is 32.2. The van der Waals surface area contributed by atoms with E-state index in [9.17, 15) is 17.6 Å². The van der Waals surface area contributed by atoms with E-state index in [0.29, 0.717) is 30.8 Å². The van der Waals surface area contributed by atoms with Gasteiger partial charge in [0.15, 0.2) is 0 Å². The van der Waals surface area contributed by atoms with E-state index in [1.54, 1.807) is 12.1 Å². The van der Waals surface area contributed by atoms with Gasteiger partial charge < -0.3 is 5.32 Å². The summed E-state index contributed by atoms with van der Waals surface area (Å²) in [5, 5.41) is 4.30. The van der Waals surface area contributed by atoms with Gasteiger partial charge in [0.05, 0.1) is 6.04 Å². The van der Waals surface area contributed by atoms with Gasteiger partial charge in [-0.3, -0.25) is 4.79 Å². The molecular weight excluding hydrogens is 435 g/mol. The molecule has 4 rings (SSSR count). The van der Waals surface area contributed by atoms with Crippen LogP contribution in [0.25, 0.3) is 6.08 Å². The van der Waals surface area contributed by atoms with Crippen LogP contribution in [0.2, 0.25) is 0 Å². The lowest BCUT2D eigenvalue weighted by Crippen LogP contribution is -2.43. The molecule has 0 bridgehead atoms. The second-order valence-electron chi connectivity index (χ2n) is 7.79. The average molecular weight is 461 g/mol. The number of benzene rings is 2. The summed E-state index contributed by atoms with van der Waals surface area (Å²) in [5.74, 6) is 0.187. The highest BCUT2D eigenvalue weighted by Gasteiger charge is 2.32. The van der Waals surface area contributed by atoms with Gasteiger partial charge in [-0.25, -0.2) is 12.8 Å². The van der Waals surface area contributed by atoms with Crippen molar-refractivity contribution in [2.24, 2.45) is 5.92 Å². The maximum absolute atomic E-state index is 14.1. The number of nitrogens with zero attached hydrogens (tertiary/aromatic N) is 1. The maximum Gasteiger partial charge on any atom is 0.236 e. The number of carbonyl (C=O) groups excluding carboxylic acids is 1. The van der Waals surface area contributed by atoms with Gasteiger partial charge in [0.1, 0.15) is 5.82 Å². The maximum atomic E-state index is 14.1. The second-order valence-corrected chi connectivity index (χ2v) is 10.7. The number of rotatable bonds is 5. The van der Waals surface area contributed by atoms with Crippen LogP contribution in [0.3, 0.4) is 0 Å². The van der Waals surface area contributed by atoms with Crippen LogP contribution in [-0.2, 0) is 14.8 Å². The van der Waals surface area contributed by atoms with Crippen LogP contribution in [0.5, 0.6) is 0 Å². The third-order valence-electron chi connectivity index (χ3n) is 5.76. The molecule has 2 aromatic carbocycles. The monoisotopic (exact) mass is 460 g/mol. The van der Waals surface area contributed by atoms with Gasteiger partial charge in [0, 0.05) is 35.1 Å². The fourth-order valence-corrected chi connectivity index (χ4v) is 6.37. The Morgan fingerprint density at radius 1 is 1.06 bits per heavy atom. The Labute approximate surface area is 186 Å². The molecule has 1 amide bonds. The summed E-state index contributed by atoms with van der Waals surface area (Å²) in [5.41, 5.74) is 1.65. The van der Waals surface area contributed by atoms with Gasteiger partial charge in [0.2, 0.25) is 15.9 Å². The predicted octanol–water partition coefficient (Wildman–Crippen LogP) is 4.19. The Morgan fingerprint density at radius 2 is 1.81 bits per heavy atom. The van der Waals surface area contributed by atoms with E-state index in [2.05, 4.69) is 5.32 Å². The predicted molar refractivity (Wildman–Crippen MR) is 121 cm³/mol. The molecule has 0 aromatic heterocycles. The smallest absolute Gasteiger partial charge is 0.236 e. The summed E-state index contributed by atoms with van der Waals surface area (Å²) in [7, 11) is -3.53. The first-order valence-corrected chi connectivity index (χ1v) is 12.9. The number of halogens is 1. The lowest BCUT2D eigenvalue weighted by Gasteiger charge is -2.32. The highest BCUT2D eigenvalue weighted by molar-refractivity contribution is 7.99. The van der Waals surface area contributed by atoms with Gasteiger partial charge in [-0.05, 0) is 42.5 Å². The molecule has 0 spiro atoms. The van der Waals surface area contributed by atoms with Crippen molar-refractivity contribution in [3.8, 4) is 0 Å². The van der Waals surface area contributed by atoms with Crippen molar-refractivity contribution in [3.63, 3.8) is 0 Å². The second kappa shape index (κ2) is 9.54. The molecule has 164 valence electrons. The third-order valence-corrected chi connectivity index (χ3v) is 8.48. The number of thioether (sulfide) groups is 1. The van der Waals surface area contributed by atoms with Crippen LogP contribution in [0.15, 0.2) is 58.8 Å². The Morgan fingerprint density at radius 3 is 2.55 bits per heavy atom. The first-order valence-electron chi connectivity index (χ1n) is 10.4. The van der Waals surface area contributed by atoms with Crippen LogP contribution in [0.4, 0.5) is 4.39 Å². The minimum atomic E-state index is -3.53. The first kappa shape index (κ1) is 22.0. The van der Waals surface area contributed by atoms with Crippen molar-refractivity contribution in [2.45, 2.75) is 30.2 Å². The van der Waals surface area contributed by atoms with Crippen molar-refractivity contribution in [2.75, 3.05) is 18.8 Å². The Kier molecular flexibility index (Phi) is 6.79. The molecule has 5 nitrogen and oxygen atoms in total. The standard InChI is InChI=1S/C23H25FN2O3S2/c24-20-8-4-7-19-21(11-15-30-22(19)20)25-23(27)18-9-13-26(14-10-18)31(28,29)16-12-17-5-2-1-3-6-17/h1-8,12,16,18,21H,9-11,13-15H2,(H,25,27). The summed E-state index contributed by atoms with van der Waals surface area (Å²) in [6.45, 7) is 0.622. The highest BCUT2D eigenvalue weighted by Crippen LogP contribution is 2.38. The number of amides is 1. The normalized spacial score (nSPS) is 20.5. The molecule has 2 aliphatic heterocycles. The van der Waals surface area contributed by atoms with E-state index >= 15 is 0 Å². The Bertz CT molecular complexity index is 1070. The van der Waals surface area contributed by atoms with Crippen LogP contribution in [0.1, 0.15) is 36.4 Å². The molecular formula is C23H25FN2O3S2. The quantitative estimate of drug-likeness (QED) is 0.727. The molecule has 1 N–H and O–H groups in total. The van der Waals surface area contributed by atoms with E-state index in [1.165, 1.54) is 27.5 Å². The third kappa shape index (κ3) is 5.19. The van der Waals surface area contributed by atoms with Crippen molar-refractivity contribution < 1.29 is 17.6 Å². The molecule has 2 heterocycles. The number of nitrogens with one attached hydrogen (secondary N) is 1. The number of sulfonamides is 1. The van der Waals surface area contributed by atoms with Gasteiger partial charge in [0.25, 0.3) is 0 Å². The SMILES string of the molecule is O=C(NC1CCSc2c(F)cccc21)C1CCN(S(=O)(=O)C=Cc2ccccc2)CC1. The Hall–Kier alpha value is -2.16. The molecule has 0 saturated carbocycles. The molecule has 8 heteroatoms. The van der Waals surface area contributed by atoms with Crippen LogP contribution in [0, 0.1) is 11.7 Å². The summed E-state index contributed by atoms with van der Waals surface area (Å²) in [4.78, 5) is 13.5. The average Bonchev–Trinajstić information content (AvgIpc) is 2.79. The van der Waals surface area contributed by atoms with Gasteiger partial charge in [-0.2, -0.15) is 4.31 Å². The molecule has 2 aliphatic rings. The van der Waals surface area contributed by atoms with E-state index in [1.807, 2.05) is 36.4 Å². The first-order chi connectivity index (χ1) is 14.9. The molecule has 0 aliphatic carbocycles. The van der Waals surface area contributed by atoms with Crippen LogP contribution in [-0.4, -0.2) is 37.5 Å². The largest absolute Gasteiger partial charge is 0.349 e. The number of fused-ring (bicyclic) bond motifs is 1. The molecule has 1 fully saturated rings. The summed E-state index contributed by atoms with van der Waals surface area (Å²) in [6.07, 6.45) is 3.29. The van der Waals surface area contributed by atoms with Crippen molar-refractivity contribution in [3.05, 3.63) is 70.9 Å². The van der Waals surface area contributed by atoms with Crippen molar-refractivity contribution in [1.82, 2.24) is 9.62 Å². The van der Waals surface area contributed by atoms with Crippen LogP contribution < -0.4 is 5.32 Å². The summed E-state index contributed by atoms with van der Waals surface area (Å²) >= 11 is 1.48. The summed E-state index contributed by atoms with van der Waals surface area (Å²) < 4.78 is 40.7. The van der Waals surface area contributed by atoms with E-state index in [-0.39, 0.29) is 23.7 Å². The van der Waals surface area contributed by atoms with Crippen LogP contribution >= 0.6 is 11.8 Å². The van der Waals surface area contributed by atoms with E-state index < -0.39 is 10.0 Å². The number of hydrogen-bond acceptors (Lipinski definition) is 4. The number of carbonyl (C=O) groups is 1. The van der Waals surface area contributed by atoms with Crippen molar-refractivity contribution >= 4 is 33.8 Å².